The van der Waals surface area contributed by atoms with E-state index < -0.39 is 5.82 Å². The number of hydrogen-bond acceptors (Lipinski definition) is 3. The van der Waals surface area contributed by atoms with Gasteiger partial charge in [0.2, 0.25) is 5.91 Å². The van der Waals surface area contributed by atoms with Crippen molar-refractivity contribution in [2.24, 2.45) is 5.92 Å². The molecule has 1 aliphatic heterocycles. The summed E-state index contributed by atoms with van der Waals surface area (Å²) in [6.45, 7) is 5.45. The molecule has 21 heavy (non-hydrogen) atoms. The molecule has 0 radical (unpaired) electrons. The lowest BCUT2D eigenvalue weighted by Gasteiger charge is -2.35. The Balaban J connectivity index is 2.03. The lowest BCUT2D eigenvalue weighted by Crippen LogP contribution is -2.51. The molecule has 1 fully saturated rings. The number of pyridine rings is 1. The van der Waals surface area contributed by atoms with Gasteiger partial charge in [0.1, 0.15) is 11.0 Å². The van der Waals surface area contributed by atoms with Crippen molar-refractivity contribution in [2.45, 2.75) is 13.8 Å². The number of rotatable bonds is 2. The van der Waals surface area contributed by atoms with Gasteiger partial charge in [0, 0.05) is 32.1 Å². The number of halogens is 2. The van der Waals surface area contributed by atoms with Crippen LogP contribution in [0.2, 0.25) is 5.15 Å². The number of nitrogens with zero attached hydrogens (tertiary/aromatic N) is 3. The van der Waals surface area contributed by atoms with E-state index in [4.69, 9.17) is 11.6 Å². The second-order valence-electron chi connectivity index (χ2n) is 5.26. The monoisotopic (exact) mass is 313 g/mol. The predicted molar refractivity (Wildman–Crippen MR) is 76.5 cm³/mol. The minimum atomic E-state index is -0.601. The zero-order valence-corrected chi connectivity index (χ0v) is 12.7. The van der Waals surface area contributed by atoms with Gasteiger partial charge >= 0.3 is 0 Å². The second-order valence-corrected chi connectivity index (χ2v) is 5.62. The van der Waals surface area contributed by atoms with E-state index >= 15 is 0 Å². The number of amides is 2. The topological polar surface area (TPSA) is 53.5 Å². The van der Waals surface area contributed by atoms with E-state index in [9.17, 15) is 14.0 Å². The van der Waals surface area contributed by atoms with Gasteiger partial charge in [-0.15, -0.1) is 0 Å². The molecule has 1 aromatic rings. The largest absolute Gasteiger partial charge is 0.339 e. The Morgan fingerprint density at radius 1 is 1.24 bits per heavy atom. The molecular formula is C14H17ClFN3O2. The lowest BCUT2D eigenvalue weighted by molar-refractivity contribution is -0.135. The average molecular weight is 314 g/mol. The Hall–Kier alpha value is -1.69. The van der Waals surface area contributed by atoms with Crippen LogP contribution in [0.5, 0.6) is 0 Å². The Morgan fingerprint density at radius 2 is 1.81 bits per heavy atom. The van der Waals surface area contributed by atoms with Crippen LogP contribution in [-0.2, 0) is 4.79 Å². The normalized spacial score (nSPS) is 15.5. The zero-order chi connectivity index (χ0) is 15.6. The maximum atomic E-state index is 13.2. The third kappa shape index (κ3) is 3.50. The van der Waals surface area contributed by atoms with E-state index in [1.807, 2.05) is 13.8 Å². The van der Waals surface area contributed by atoms with Crippen molar-refractivity contribution < 1.29 is 14.0 Å². The SMILES string of the molecule is CC(C)C(=O)N1CCN(C(=O)c2cc(F)cnc2Cl)CC1. The summed E-state index contributed by atoms with van der Waals surface area (Å²) in [7, 11) is 0. The van der Waals surface area contributed by atoms with Crippen LogP contribution in [0.3, 0.4) is 0 Å². The molecule has 0 atom stereocenters. The highest BCUT2D eigenvalue weighted by atomic mass is 35.5. The highest BCUT2D eigenvalue weighted by Crippen LogP contribution is 2.17. The van der Waals surface area contributed by atoms with Gasteiger partial charge in [0.05, 0.1) is 11.8 Å². The minimum Gasteiger partial charge on any atom is -0.339 e. The van der Waals surface area contributed by atoms with E-state index in [2.05, 4.69) is 4.98 Å². The summed E-state index contributed by atoms with van der Waals surface area (Å²) in [4.78, 5) is 31.1. The van der Waals surface area contributed by atoms with Gasteiger partial charge in [0.15, 0.2) is 0 Å². The van der Waals surface area contributed by atoms with Crippen molar-refractivity contribution in [1.82, 2.24) is 14.8 Å². The summed E-state index contributed by atoms with van der Waals surface area (Å²) in [5, 5.41) is -0.0120. The van der Waals surface area contributed by atoms with Crippen molar-refractivity contribution in [2.75, 3.05) is 26.2 Å². The molecule has 114 valence electrons. The summed E-state index contributed by atoms with van der Waals surface area (Å²) in [6.07, 6.45) is 0.971. The van der Waals surface area contributed by atoms with E-state index in [0.717, 1.165) is 12.3 Å². The van der Waals surface area contributed by atoms with Gasteiger partial charge in [0.25, 0.3) is 5.91 Å². The number of aromatic nitrogens is 1. The molecule has 0 aliphatic carbocycles. The van der Waals surface area contributed by atoms with Crippen LogP contribution in [-0.4, -0.2) is 52.8 Å². The fourth-order valence-corrected chi connectivity index (χ4v) is 2.42. The maximum Gasteiger partial charge on any atom is 0.257 e. The molecule has 0 spiro atoms. The summed E-state index contributed by atoms with van der Waals surface area (Å²) in [5.74, 6) is -0.943. The molecule has 0 N–H and O–H groups in total. The van der Waals surface area contributed by atoms with Crippen molar-refractivity contribution in [3.8, 4) is 0 Å². The maximum absolute atomic E-state index is 13.2. The molecule has 0 saturated carbocycles. The Bertz CT molecular complexity index is 557. The Labute approximate surface area is 127 Å². The van der Waals surface area contributed by atoms with Crippen molar-refractivity contribution in [1.29, 1.82) is 0 Å². The number of carbonyl (C=O) groups excluding carboxylic acids is 2. The molecule has 5 nitrogen and oxygen atoms in total. The molecule has 1 saturated heterocycles. The number of hydrogen-bond donors (Lipinski definition) is 0. The van der Waals surface area contributed by atoms with Gasteiger partial charge in [-0.25, -0.2) is 9.37 Å². The summed E-state index contributed by atoms with van der Waals surface area (Å²) in [6, 6.07) is 1.09. The zero-order valence-electron chi connectivity index (χ0n) is 12.0. The third-order valence-corrected chi connectivity index (χ3v) is 3.71. The quantitative estimate of drug-likeness (QED) is 0.783. The fourth-order valence-electron chi connectivity index (χ4n) is 2.24. The van der Waals surface area contributed by atoms with Gasteiger partial charge in [-0.3, -0.25) is 9.59 Å². The molecule has 0 unspecified atom stereocenters. The number of piperazine rings is 1. The van der Waals surface area contributed by atoms with E-state index in [0.29, 0.717) is 26.2 Å². The van der Waals surface area contributed by atoms with Crippen LogP contribution in [0.4, 0.5) is 4.39 Å². The summed E-state index contributed by atoms with van der Waals surface area (Å²) in [5.41, 5.74) is 0.0558. The van der Waals surface area contributed by atoms with Gasteiger partial charge in [-0.2, -0.15) is 0 Å². The second kappa shape index (κ2) is 6.39. The first-order valence-corrected chi connectivity index (χ1v) is 7.17. The standard InChI is InChI=1S/C14H17ClFN3O2/c1-9(2)13(20)18-3-5-19(6-4-18)14(21)11-7-10(16)8-17-12(11)15/h7-9H,3-6H2,1-2H3. The van der Waals surface area contributed by atoms with E-state index in [1.165, 1.54) is 0 Å². The third-order valence-electron chi connectivity index (χ3n) is 3.41. The highest BCUT2D eigenvalue weighted by Gasteiger charge is 2.27. The van der Waals surface area contributed by atoms with Crippen molar-refractivity contribution >= 4 is 23.4 Å². The van der Waals surface area contributed by atoms with E-state index in [1.54, 1.807) is 9.80 Å². The lowest BCUT2D eigenvalue weighted by atomic mass is 10.1. The molecule has 1 aromatic heterocycles. The van der Waals surface area contributed by atoms with Crippen LogP contribution in [0.15, 0.2) is 12.3 Å². The van der Waals surface area contributed by atoms with E-state index in [-0.39, 0.29) is 28.4 Å². The minimum absolute atomic E-state index is 0.0120. The molecule has 0 bridgehead atoms. The van der Waals surface area contributed by atoms with Gasteiger partial charge < -0.3 is 9.80 Å². The van der Waals surface area contributed by atoms with Crippen LogP contribution in [0, 0.1) is 11.7 Å². The van der Waals surface area contributed by atoms with Crippen molar-refractivity contribution in [3.63, 3.8) is 0 Å². The van der Waals surface area contributed by atoms with Crippen LogP contribution < -0.4 is 0 Å². The molecule has 7 heteroatoms. The molecule has 1 aliphatic rings. The highest BCUT2D eigenvalue weighted by molar-refractivity contribution is 6.32. The molecule has 2 amide bonds. The average Bonchev–Trinajstić information content (AvgIpc) is 2.48. The summed E-state index contributed by atoms with van der Waals surface area (Å²) >= 11 is 5.84. The molecular weight excluding hydrogens is 297 g/mol. The first-order chi connectivity index (χ1) is 9.90. The molecule has 2 heterocycles. The van der Waals surface area contributed by atoms with Crippen LogP contribution in [0.1, 0.15) is 24.2 Å². The molecule has 0 aromatic carbocycles. The first kappa shape index (κ1) is 15.7. The van der Waals surface area contributed by atoms with Gasteiger partial charge in [-0.1, -0.05) is 25.4 Å². The van der Waals surface area contributed by atoms with Crippen LogP contribution >= 0.6 is 11.6 Å². The number of carbonyl (C=O) groups is 2. The Morgan fingerprint density at radius 3 is 2.38 bits per heavy atom. The van der Waals surface area contributed by atoms with Crippen LogP contribution in [0.25, 0.3) is 0 Å². The Kier molecular flexibility index (Phi) is 4.77. The predicted octanol–water partition coefficient (Wildman–Crippen LogP) is 1.81. The van der Waals surface area contributed by atoms with Gasteiger partial charge in [-0.05, 0) is 6.07 Å². The summed E-state index contributed by atoms with van der Waals surface area (Å²) < 4.78 is 13.2. The smallest absolute Gasteiger partial charge is 0.257 e. The fraction of sp³-hybridized carbons (Fsp3) is 0.500. The first-order valence-electron chi connectivity index (χ1n) is 6.79. The van der Waals surface area contributed by atoms with Crippen molar-refractivity contribution in [3.05, 3.63) is 28.8 Å². The molecule has 2 rings (SSSR count).